The average molecular weight is 390 g/mol. The van der Waals surface area contributed by atoms with Gasteiger partial charge in [0.2, 0.25) is 0 Å². The van der Waals surface area contributed by atoms with Crippen LogP contribution in [-0.4, -0.2) is 4.98 Å². The van der Waals surface area contributed by atoms with Crippen LogP contribution in [0.25, 0.3) is 54.6 Å². The Balaban J connectivity index is 1.73. The average Bonchev–Trinajstić information content (AvgIpc) is 2.78. The molecule has 0 spiro atoms. The minimum absolute atomic E-state index is 0.757. The maximum Gasteiger partial charge on any atom is 0.0406 e. The van der Waals surface area contributed by atoms with Crippen molar-refractivity contribution in [3.05, 3.63) is 102 Å². The van der Waals surface area contributed by atoms with E-state index < -0.39 is 0 Å². The summed E-state index contributed by atoms with van der Waals surface area (Å²) < 4.78 is 0. The maximum atomic E-state index is 6.11. The van der Waals surface area contributed by atoms with E-state index in [9.17, 15) is 0 Å². The van der Waals surface area contributed by atoms with Gasteiger partial charge in [0, 0.05) is 23.0 Å². The monoisotopic (exact) mass is 389 g/mol. The molecule has 0 aliphatic carbocycles. The minimum atomic E-state index is 0.757. The van der Waals surface area contributed by atoms with E-state index in [0.29, 0.717) is 0 Å². The second kappa shape index (κ2) is 6.30. The van der Waals surface area contributed by atoms with Crippen molar-refractivity contribution >= 4 is 43.9 Å². The lowest BCUT2D eigenvalue weighted by Crippen LogP contribution is -1.89. The van der Waals surface area contributed by atoms with Crippen LogP contribution in [0.15, 0.2) is 97.3 Å². The Morgan fingerprint density at radius 3 is 1.72 bits per heavy atom. The summed E-state index contributed by atoms with van der Waals surface area (Å²) in [5.41, 5.74) is 4.77. The van der Waals surface area contributed by atoms with Crippen molar-refractivity contribution in [3.8, 4) is 22.3 Å². The molecule has 0 unspecified atom stereocenters. The van der Waals surface area contributed by atoms with E-state index in [4.69, 9.17) is 11.6 Å². The van der Waals surface area contributed by atoms with Gasteiger partial charge >= 0.3 is 0 Å². The zero-order valence-corrected chi connectivity index (χ0v) is 16.3. The molecule has 1 aromatic heterocycles. The van der Waals surface area contributed by atoms with Gasteiger partial charge in [0.15, 0.2) is 0 Å². The molecule has 0 amide bonds. The molecule has 2 heteroatoms. The zero-order chi connectivity index (χ0) is 19.4. The van der Waals surface area contributed by atoms with Crippen molar-refractivity contribution in [1.82, 2.24) is 4.98 Å². The Bertz CT molecular complexity index is 1480. The predicted molar refractivity (Wildman–Crippen MR) is 124 cm³/mol. The topological polar surface area (TPSA) is 12.9 Å². The largest absolute Gasteiger partial charge is 0.264 e. The molecular formula is C27H16ClN. The maximum absolute atomic E-state index is 6.11. The van der Waals surface area contributed by atoms with Crippen LogP contribution < -0.4 is 0 Å². The van der Waals surface area contributed by atoms with Crippen LogP contribution in [0.4, 0.5) is 0 Å². The molecular weight excluding hydrogens is 374 g/mol. The Hall–Kier alpha value is -3.42. The van der Waals surface area contributed by atoms with E-state index in [1.807, 2.05) is 30.6 Å². The Morgan fingerprint density at radius 1 is 0.552 bits per heavy atom. The van der Waals surface area contributed by atoms with E-state index >= 15 is 0 Å². The Morgan fingerprint density at radius 2 is 1.14 bits per heavy atom. The summed E-state index contributed by atoms with van der Waals surface area (Å²) >= 11 is 6.11. The van der Waals surface area contributed by atoms with E-state index in [2.05, 4.69) is 71.7 Å². The van der Waals surface area contributed by atoms with E-state index in [-0.39, 0.29) is 0 Å². The Labute approximate surface area is 173 Å². The SMILES string of the molecule is Clc1ccc(-c2ccc3ccc4c(-c5cccnc5)ccc5ccc2c3c54)cc1. The molecule has 29 heavy (non-hydrogen) atoms. The third-order valence-electron chi connectivity index (χ3n) is 5.79. The second-order valence-electron chi connectivity index (χ2n) is 7.40. The van der Waals surface area contributed by atoms with Gasteiger partial charge in [0.1, 0.15) is 0 Å². The number of nitrogens with zero attached hydrogens (tertiary/aromatic N) is 1. The first kappa shape index (κ1) is 16.5. The molecule has 0 fully saturated rings. The van der Waals surface area contributed by atoms with Crippen molar-refractivity contribution in [3.63, 3.8) is 0 Å². The highest BCUT2D eigenvalue weighted by Gasteiger charge is 2.14. The summed E-state index contributed by atoms with van der Waals surface area (Å²) in [4.78, 5) is 4.32. The molecule has 6 aromatic rings. The first-order chi connectivity index (χ1) is 14.3. The van der Waals surface area contributed by atoms with Crippen LogP contribution in [0.3, 0.4) is 0 Å². The lowest BCUT2D eigenvalue weighted by Gasteiger charge is -2.16. The van der Waals surface area contributed by atoms with Gasteiger partial charge < -0.3 is 0 Å². The number of benzene rings is 5. The fraction of sp³-hybridized carbons (Fsp3) is 0. The second-order valence-corrected chi connectivity index (χ2v) is 7.83. The number of halogens is 1. The van der Waals surface area contributed by atoms with Crippen molar-refractivity contribution in [2.45, 2.75) is 0 Å². The lowest BCUT2D eigenvalue weighted by atomic mass is 9.87. The number of hydrogen-bond acceptors (Lipinski definition) is 1. The summed E-state index contributed by atoms with van der Waals surface area (Å²) in [5, 5.41) is 8.45. The zero-order valence-electron chi connectivity index (χ0n) is 15.6. The smallest absolute Gasteiger partial charge is 0.0406 e. The predicted octanol–water partition coefficient (Wildman–Crippen LogP) is 7.97. The highest BCUT2D eigenvalue weighted by Crippen LogP contribution is 2.42. The fourth-order valence-corrected chi connectivity index (χ4v) is 4.58. The molecule has 6 rings (SSSR count). The van der Waals surface area contributed by atoms with E-state index in [1.54, 1.807) is 0 Å². The number of pyridine rings is 1. The van der Waals surface area contributed by atoms with Crippen LogP contribution in [0.5, 0.6) is 0 Å². The first-order valence-corrected chi connectivity index (χ1v) is 10.0. The summed E-state index contributed by atoms with van der Waals surface area (Å²) in [7, 11) is 0. The molecule has 0 saturated carbocycles. The number of aromatic nitrogens is 1. The van der Waals surface area contributed by atoms with Crippen LogP contribution in [0.1, 0.15) is 0 Å². The van der Waals surface area contributed by atoms with Gasteiger partial charge in [0.25, 0.3) is 0 Å². The molecule has 0 N–H and O–H groups in total. The normalized spacial score (nSPS) is 11.6. The third-order valence-corrected chi connectivity index (χ3v) is 6.04. The van der Waals surface area contributed by atoms with Gasteiger partial charge in [-0.05, 0) is 67.2 Å². The molecule has 0 aliphatic rings. The summed E-state index contributed by atoms with van der Waals surface area (Å²) in [6, 6.07) is 30.0. The van der Waals surface area contributed by atoms with Gasteiger partial charge in [-0.25, -0.2) is 0 Å². The van der Waals surface area contributed by atoms with Crippen molar-refractivity contribution in [1.29, 1.82) is 0 Å². The van der Waals surface area contributed by atoms with Crippen molar-refractivity contribution < 1.29 is 0 Å². The quantitative estimate of drug-likeness (QED) is 0.273. The minimum Gasteiger partial charge on any atom is -0.264 e. The molecule has 1 heterocycles. The van der Waals surface area contributed by atoms with Crippen LogP contribution in [0.2, 0.25) is 5.02 Å². The van der Waals surface area contributed by atoms with E-state index in [1.165, 1.54) is 49.0 Å². The van der Waals surface area contributed by atoms with Crippen LogP contribution >= 0.6 is 11.6 Å². The molecule has 136 valence electrons. The molecule has 0 aliphatic heterocycles. The van der Waals surface area contributed by atoms with Gasteiger partial charge in [-0.3, -0.25) is 4.98 Å². The molecule has 0 radical (unpaired) electrons. The summed E-state index contributed by atoms with van der Waals surface area (Å²) in [6.07, 6.45) is 3.75. The van der Waals surface area contributed by atoms with E-state index in [0.717, 1.165) is 10.6 Å². The summed E-state index contributed by atoms with van der Waals surface area (Å²) in [5.74, 6) is 0. The molecule has 0 saturated heterocycles. The first-order valence-electron chi connectivity index (χ1n) is 9.66. The van der Waals surface area contributed by atoms with Gasteiger partial charge in [0.05, 0.1) is 0 Å². The van der Waals surface area contributed by atoms with Gasteiger partial charge in [-0.2, -0.15) is 0 Å². The third kappa shape index (κ3) is 2.52. The highest BCUT2D eigenvalue weighted by molar-refractivity contribution is 6.31. The highest BCUT2D eigenvalue weighted by atomic mass is 35.5. The Kier molecular flexibility index (Phi) is 3.59. The molecule has 1 nitrogen and oxygen atoms in total. The molecule has 0 atom stereocenters. The number of rotatable bonds is 2. The van der Waals surface area contributed by atoms with Crippen molar-refractivity contribution in [2.75, 3.05) is 0 Å². The van der Waals surface area contributed by atoms with Crippen LogP contribution in [0, 0.1) is 0 Å². The molecule has 0 bridgehead atoms. The summed E-state index contributed by atoms with van der Waals surface area (Å²) in [6.45, 7) is 0. The number of hydrogen-bond donors (Lipinski definition) is 0. The standard InChI is InChI=1S/C27H16ClN/c28-21-9-3-17(4-10-21)22-11-5-18-8-14-25-23(20-2-1-15-29-16-20)12-6-19-7-13-24(22)26(18)27(19)25/h1-16H. The molecule has 5 aromatic carbocycles. The van der Waals surface area contributed by atoms with Crippen molar-refractivity contribution in [2.24, 2.45) is 0 Å². The fourth-order valence-electron chi connectivity index (χ4n) is 4.46. The van der Waals surface area contributed by atoms with Crippen LogP contribution in [-0.2, 0) is 0 Å². The lowest BCUT2D eigenvalue weighted by molar-refractivity contribution is 1.33. The van der Waals surface area contributed by atoms with Gasteiger partial charge in [-0.15, -0.1) is 0 Å². The van der Waals surface area contributed by atoms with Gasteiger partial charge in [-0.1, -0.05) is 78.3 Å².